The first-order valence-corrected chi connectivity index (χ1v) is 12.1. The fourth-order valence-electron chi connectivity index (χ4n) is 4.27. The Bertz CT molecular complexity index is 1210. The van der Waals surface area contributed by atoms with E-state index in [0.717, 1.165) is 31.3 Å². The van der Waals surface area contributed by atoms with Gasteiger partial charge in [0.15, 0.2) is 5.82 Å². The highest BCUT2D eigenvalue weighted by molar-refractivity contribution is 5.60. The third kappa shape index (κ3) is 5.72. The first kappa shape index (κ1) is 26.0. The van der Waals surface area contributed by atoms with E-state index in [1.54, 1.807) is 13.4 Å². The van der Waals surface area contributed by atoms with Crippen LogP contribution in [-0.4, -0.2) is 42.4 Å². The van der Waals surface area contributed by atoms with Crippen LogP contribution in [0.3, 0.4) is 0 Å². The summed E-state index contributed by atoms with van der Waals surface area (Å²) in [4.78, 5) is 23.1. The maximum Gasteiger partial charge on any atom is 0.255 e. The van der Waals surface area contributed by atoms with Crippen molar-refractivity contribution in [3.8, 4) is 11.3 Å². The predicted octanol–water partition coefficient (Wildman–Crippen LogP) is 4.68. The summed E-state index contributed by atoms with van der Waals surface area (Å²) in [5, 5.41) is 8.57. The van der Waals surface area contributed by atoms with Gasteiger partial charge in [-0.15, -0.1) is 16.8 Å². The van der Waals surface area contributed by atoms with Crippen molar-refractivity contribution >= 4 is 5.95 Å². The van der Waals surface area contributed by atoms with Crippen LogP contribution in [0.1, 0.15) is 57.8 Å². The molecule has 4 heterocycles. The smallest absolute Gasteiger partial charge is 0.255 e. The lowest BCUT2D eigenvalue weighted by atomic mass is 9.95. The molecule has 0 aliphatic carbocycles. The van der Waals surface area contributed by atoms with E-state index < -0.39 is 5.82 Å². The van der Waals surface area contributed by atoms with Gasteiger partial charge in [-0.2, -0.15) is 0 Å². The molecule has 9 heteroatoms. The average molecular weight is 480 g/mol. The van der Waals surface area contributed by atoms with Gasteiger partial charge in [0.1, 0.15) is 12.2 Å². The molecule has 1 aliphatic rings. The van der Waals surface area contributed by atoms with Gasteiger partial charge in [0.05, 0.1) is 17.9 Å². The predicted molar refractivity (Wildman–Crippen MR) is 137 cm³/mol. The number of piperidine rings is 1. The van der Waals surface area contributed by atoms with E-state index in [-0.39, 0.29) is 23.1 Å². The Morgan fingerprint density at radius 1 is 1.29 bits per heavy atom. The van der Waals surface area contributed by atoms with Gasteiger partial charge >= 0.3 is 0 Å². The van der Waals surface area contributed by atoms with Gasteiger partial charge in [-0.1, -0.05) is 32.1 Å². The van der Waals surface area contributed by atoms with Crippen LogP contribution in [0.5, 0.6) is 0 Å². The Labute approximate surface area is 205 Å². The Balaban J connectivity index is 0.00000167. The van der Waals surface area contributed by atoms with E-state index in [2.05, 4.69) is 42.3 Å². The number of anilines is 1. The maximum absolute atomic E-state index is 14.2. The number of nitrogens with zero attached hydrogens (tertiary/aromatic N) is 7. The number of aromatic nitrogens is 6. The number of hydrogen-bond donors (Lipinski definition) is 0. The van der Waals surface area contributed by atoms with E-state index in [1.165, 1.54) is 22.9 Å². The summed E-state index contributed by atoms with van der Waals surface area (Å²) in [7, 11) is 1.69. The lowest BCUT2D eigenvalue weighted by molar-refractivity contribution is 0.446. The average Bonchev–Trinajstić information content (AvgIpc) is 3.37. The summed E-state index contributed by atoms with van der Waals surface area (Å²) in [6, 6.07) is 3.00. The molecule has 1 atom stereocenters. The highest BCUT2D eigenvalue weighted by atomic mass is 19.1. The SMILES string of the molecule is C=CC(C/C=C\C)n1cnnc1C1CCN(c2nc(-c3ccncc3F)cc(=O)n2C)CC1.CC. The van der Waals surface area contributed by atoms with Crippen LogP contribution in [0.4, 0.5) is 10.3 Å². The second-order valence-electron chi connectivity index (χ2n) is 8.16. The minimum atomic E-state index is -0.503. The molecule has 0 amide bonds. The molecule has 0 bridgehead atoms. The molecule has 0 N–H and O–H groups in total. The van der Waals surface area contributed by atoms with Crippen molar-refractivity contribution in [2.24, 2.45) is 7.05 Å². The monoisotopic (exact) mass is 479 g/mol. The molecule has 3 aromatic rings. The lowest BCUT2D eigenvalue weighted by Crippen LogP contribution is -2.38. The number of rotatable bonds is 7. The van der Waals surface area contributed by atoms with E-state index in [0.29, 0.717) is 24.7 Å². The van der Waals surface area contributed by atoms with E-state index >= 15 is 0 Å². The topological polar surface area (TPSA) is 81.7 Å². The van der Waals surface area contributed by atoms with Crippen molar-refractivity contribution in [1.29, 1.82) is 0 Å². The Morgan fingerprint density at radius 3 is 2.69 bits per heavy atom. The quantitative estimate of drug-likeness (QED) is 0.458. The number of hydrogen-bond acceptors (Lipinski definition) is 6. The van der Waals surface area contributed by atoms with Gasteiger partial charge in [0, 0.05) is 43.9 Å². The van der Waals surface area contributed by atoms with Crippen molar-refractivity contribution in [2.45, 2.75) is 52.0 Å². The van der Waals surface area contributed by atoms with Crippen LogP contribution in [-0.2, 0) is 7.05 Å². The van der Waals surface area contributed by atoms with Crippen molar-refractivity contribution in [3.05, 3.63) is 77.7 Å². The number of allylic oxidation sites excluding steroid dienone is 3. The summed E-state index contributed by atoms with van der Waals surface area (Å²) in [5.41, 5.74) is 0.349. The van der Waals surface area contributed by atoms with Crippen LogP contribution in [0.2, 0.25) is 0 Å². The molecule has 186 valence electrons. The second-order valence-corrected chi connectivity index (χ2v) is 8.16. The molecule has 0 spiro atoms. The Hall–Kier alpha value is -3.62. The highest BCUT2D eigenvalue weighted by Crippen LogP contribution is 2.31. The zero-order chi connectivity index (χ0) is 25.4. The highest BCUT2D eigenvalue weighted by Gasteiger charge is 2.28. The zero-order valence-corrected chi connectivity index (χ0v) is 20.9. The molecule has 0 saturated carbocycles. The van der Waals surface area contributed by atoms with Crippen LogP contribution in [0, 0.1) is 5.82 Å². The van der Waals surface area contributed by atoms with Crippen molar-refractivity contribution in [1.82, 2.24) is 29.3 Å². The summed E-state index contributed by atoms with van der Waals surface area (Å²) in [5.74, 6) is 1.23. The van der Waals surface area contributed by atoms with Crippen LogP contribution in [0.25, 0.3) is 11.3 Å². The minimum Gasteiger partial charge on any atom is -0.342 e. The maximum atomic E-state index is 14.2. The number of halogens is 1. The summed E-state index contributed by atoms with van der Waals surface area (Å²) in [6.45, 7) is 11.4. The molecular weight excluding hydrogens is 445 g/mol. The Morgan fingerprint density at radius 2 is 2.03 bits per heavy atom. The molecule has 8 nitrogen and oxygen atoms in total. The normalized spacial score (nSPS) is 15.1. The summed E-state index contributed by atoms with van der Waals surface area (Å²) >= 11 is 0. The summed E-state index contributed by atoms with van der Waals surface area (Å²) in [6.07, 6.45) is 13.0. The van der Waals surface area contributed by atoms with Crippen molar-refractivity contribution < 1.29 is 4.39 Å². The number of pyridine rings is 1. The molecular formula is C26H34FN7O. The first-order chi connectivity index (χ1) is 17.0. The van der Waals surface area contributed by atoms with E-state index in [9.17, 15) is 9.18 Å². The van der Waals surface area contributed by atoms with Gasteiger partial charge in [0.25, 0.3) is 5.56 Å². The van der Waals surface area contributed by atoms with Crippen LogP contribution < -0.4 is 10.5 Å². The van der Waals surface area contributed by atoms with Crippen LogP contribution in [0.15, 0.2) is 60.5 Å². The van der Waals surface area contributed by atoms with E-state index in [1.807, 2.05) is 32.9 Å². The van der Waals surface area contributed by atoms with Gasteiger partial charge in [-0.25, -0.2) is 9.37 Å². The molecule has 35 heavy (non-hydrogen) atoms. The Kier molecular flexibility index (Phi) is 9.05. The van der Waals surface area contributed by atoms with Crippen LogP contribution >= 0.6 is 0 Å². The molecule has 0 radical (unpaired) electrons. The summed E-state index contributed by atoms with van der Waals surface area (Å²) < 4.78 is 17.9. The van der Waals surface area contributed by atoms with Gasteiger partial charge in [0.2, 0.25) is 5.95 Å². The lowest BCUT2D eigenvalue weighted by Gasteiger charge is -2.33. The molecule has 3 aromatic heterocycles. The van der Waals surface area contributed by atoms with Crippen molar-refractivity contribution in [2.75, 3.05) is 18.0 Å². The second kappa shape index (κ2) is 12.2. The largest absolute Gasteiger partial charge is 0.342 e. The molecule has 1 aliphatic heterocycles. The molecule has 4 rings (SSSR count). The van der Waals surface area contributed by atoms with E-state index in [4.69, 9.17) is 0 Å². The third-order valence-electron chi connectivity index (χ3n) is 6.15. The third-order valence-corrected chi connectivity index (χ3v) is 6.15. The molecule has 1 saturated heterocycles. The zero-order valence-electron chi connectivity index (χ0n) is 20.9. The molecule has 1 fully saturated rings. The molecule has 1 unspecified atom stereocenters. The van der Waals surface area contributed by atoms with Crippen molar-refractivity contribution in [3.63, 3.8) is 0 Å². The fraction of sp³-hybridized carbons (Fsp3) is 0.423. The van der Waals surface area contributed by atoms with Gasteiger partial charge < -0.3 is 9.47 Å². The standard InChI is InChI=1S/C24H28FN7O.C2H6/c1-4-6-7-18(5-2)32-16-27-29-23(32)17-9-12-31(13-10-17)24-28-21(14-22(33)30(24)3)19-8-11-26-15-20(19)25;1-2/h4-6,8,11,14-18H,2,7,9-10,12-13H2,1,3H3;1-2H3/b6-4-;. The molecule has 0 aromatic carbocycles. The van der Waals surface area contributed by atoms with Gasteiger partial charge in [-0.3, -0.25) is 14.3 Å². The van der Waals surface area contributed by atoms with Gasteiger partial charge in [-0.05, 0) is 32.3 Å². The first-order valence-electron chi connectivity index (χ1n) is 12.1. The fourth-order valence-corrected chi connectivity index (χ4v) is 4.27. The minimum absolute atomic E-state index is 0.110.